The van der Waals surface area contributed by atoms with Crippen LogP contribution in [0.2, 0.25) is 0 Å². The van der Waals surface area contributed by atoms with Gasteiger partial charge in [0.2, 0.25) is 0 Å². The van der Waals surface area contributed by atoms with Crippen molar-refractivity contribution >= 4 is 17.1 Å². The fourth-order valence-corrected chi connectivity index (χ4v) is 5.31. The highest BCUT2D eigenvalue weighted by atomic mass is 16.3. The van der Waals surface area contributed by atoms with Gasteiger partial charge in [0.05, 0.1) is 12.0 Å². The zero-order chi connectivity index (χ0) is 26.0. The summed E-state index contributed by atoms with van der Waals surface area (Å²) in [5.74, 6) is -0.232. The number of para-hydroxylation sites is 2. The van der Waals surface area contributed by atoms with E-state index < -0.39 is 24.2 Å². The smallest absolute Gasteiger partial charge is 0.179 e. The van der Waals surface area contributed by atoms with Gasteiger partial charge in [-0.05, 0) is 36.1 Å². The fourth-order valence-electron chi connectivity index (χ4n) is 5.31. The third-order valence-corrected chi connectivity index (χ3v) is 6.80. The summed E-state index contributed by atoms with van der Waals surface area (Å²) < 4.78 is 0. The standard InChI is InChI=1S/C30H37N2O4/c1-19(2)17-31(18-20(3)4)23-15-24(33)26(25(34)16-23)27-29(35)28(30(27)36)32(21-11-7-5-8-12-21)22-13-9-6-10-14-22/h5-16,19-20,27-30,33-35H,17-18H2,1-4H3/q-1/p+1. The van der Waals surface area contributed by atoms with Crippen LogP contribution in [0.5, 0.6) is 11.5 Å². The molecule has 0 heterocycles. The number of benzene rings is 3. The first-order chi connectivity index (χ1) is 17.2. The molecule has 6 nitrogen and oxygen atoms in total. The average molecular weight is 491 g/mol. The van der Waals surface area contributed by atoms with E-state index in [2.05, 4.69) is 32.6 Å². The summed E-state index contributed by atoms with van der Waals surface area (Å²) in [6.45, 7) is 10.1. The van der Waals surface area contributed by atoms with Crippen LogP contribution in [0, 0.1) is 11.8 Å². The number of phenols is 2. The molecule has 3 aromatic rings. The van der Waals surface area contributed by atoms with Gasteiger partial charge < -0.3 is 30.2 Å². The van der Waals surface area contributed by atoms with Crippen molar-refractivity contribution in [1.29, 1.82) is 0 Å². The predicted molar refractivity (Wildman–Crippen MR) is 144 cm³/mol. The molecule has 0 aromatic heterocycles. The monoisotopic (exact) mass is 490 g/mol. The summed E-state index contributed by atoms with van der Waals surface area (Å²) in [7, 11) is 0. The first kappa shape index (κ1) is 25.9. The van der Waals surface area contributed by atoms with Gasteiger partial charge in [-0.3, -0.25) is 0 Å². The molecule has 6 heteroatoms. The Bertz CT molecular complexity index is 1050. The number of anilines is 3. The van der Waals surface area contributed by atoms with E-state index >= 15 is 0 Å². The average Bonchev–Trinajstić information content (AvgIpc) is 2.84. The lowest BCUT2D eigenvalue weighted by Gasteiger charge is -2.55. The maximum atomic E-state index is 13.7. The van der Waals surface area contributed by atoms with E-state index in [4.69, 9.17) is 5.11 Å². The van der Waals surface area contributed by atoms with Crippen LogP contribution < -0.4 is 14.9 Å². The molecule has 1 saturated carbocycles. The second-order valence-corrected chi connectivity index (χ2v) is 10.6. The van der Waals surface area contributed by atoms with Crippen LogP contribution in [-0.4, -0.2) is 46.7 Å². The summed E-state index contributed by atoms with van der Waals surface area (Å²) in [5.41, 5.74) is 2.59. The van der Waals surface area contributed by atoms with Gasteiger partial charge in [0.1, 0.15) is 11.5 Å². The quantitative estimate of drug-likeness (QED) is 0.435. The minimum Gasteiger partial charge on any atom is -0.850 e. The highest BCUT2D eigenvalue weighted by Crippen LogP contribution is 2.49. The Labute approximate surface area is 214 Å². The minimum atomic E-state index is -1.20. The number of phenolic OH excluding ortho intramolecular Hbond substituents is 2. The molecule has 1 aliphatic carbocycles. The molecule has 192 valence electrons. The Kier molecular flexibility index (Phi) is 7.76. The second-order valence-electron chi connectivity index (χ2n) is 10.6. The molecule has 0 spiro atoms. The van der Waals surface area contributed by atoms with Crippen LogP contribution in [0.1, 0.15) is 39.2 Å². The van der Waals surface area contributed by atoms with Gasteiger partial charge in [-0.15, -0.1) is 0 Å². The van der Waals surface area contributed by atoms with Crippen molar-refractivity contribution in [3.05, 3.63) is 78.4 Å². The maximum Gasteiger partial charge on any atom is 0.179 e. The van der Waals surface area contributed by atoms with Crippen LogP contribution in [0.3, 0.4) is 0 Å². The Morgan fingerprint density at radius 1 is 0.778 bits per heavy atom. The van der Waals surface area contributed by atoms with E-state index in [9.17, 15) is 15.3 Å². The molecule has 0 radical (unpaired) electrons. The Morgan fingerprint density at radius 2 is 1.22 bits per heavy atom. The molecule has 4 N–H and O–H groups in total. The van der Waals surface area contributed by atoms with Crippen molar-refractivity contribution in [3.63, 3.8) is 0 Å². The third kappa shape index (κ3) is 5.15. The van der Waals surface area contributed by atoms with Crippen molar-refractivity contribution in [1.82, 2.24) is 0 Å². The van der Waals surface area contributed by atoms with E-state index in [1.165, 1.54) is 0 Å². The van der Waals surface area contributed by atoms with Crippen LogP contribution in [0.15, 0.2) is 72.8 Å². The van der Waals surface area contributed by atoms with Crippen LogP contribution in [-0.2, 0) is 0 Å². The molecule has 4 unspecified atom stereocenters. The number of nitrogens with zero attached hydrogens (tertiary/aromatic N) is 2. The molecule has 0 bridgehead atoms. The summed E-state index contributed by atoms with van der Waals surface area (Å²) in [6, 6.07) is 21.9. The Morgan fingerprint density at radius 3 is 1.61 bits per heavy atom. The topological polar surface area (TPSA) is 92.9 Å². The van der Waals surface area contributed by atoms with Crippen molar-refractivity contribution in [2.75, 3.05) is 22.9 Å². The van der Waals surface area contributed by atoms with Crippen LogP contribution >= 0.6 is 0 Å². The van der Waals surface area contributed by atoms with Crippen molar-refractivity contribution in [3.8, 4) is 11.5 Å². The fraction of sp³-hybridized carbons (Fsp3) is 0.400. The number of hydrogen-bond acceptors (Lipinski definition) is 5. The van der Waals surface area contributed by atoms with Gasteiger partial charge in [0.25, 0.3) is 0 Å². The van der Waals surface area contributed by atoms with E-state index in [1.807, 2.05) is 65.6 Å². The zero-order valence-electron chi connectivity index (χ0n) is 21.5. The van der Waals surface area contributed by atoms with Gasteiger partial charge in [0.15, 0.2) is 6.10 Å². The molecule has 4 atom stereocenters. The lowest BCUT2D eigenvalue weighted by atomic mass is 9.68. The highest BCUT2D eigenvalue weighted by molar-refractivity contribution is 5.67. The minimum absolute atomic E-state index is 0.116. The highest BCUT2D eigenvalue weighted by Gasteiger charge is 2.53. The molecule has 4 rings (SSSR count). The lowest BCUT2D eigenvalue weighted by Crippen LogP contribution is -2.69. The molecule has 3 aromatic carbocycles. The summed E-state index contributed by atoms with van der Waals surface area (Å²) in [5, 5.41) is 44.6. The Hall–Kier alpha value is -3.22. The number of rotatable bonds is 9. The van der Waals surface area contributed by atoms with Gasteiger partial charge in [-0.25, -0.2) is 0 Å². The zero-order valence-corrected chi connectivity index (χ0v) is 21.5. The Balaban J connectivity index is 1.65. The van der Waals surface area contributed by atoms with Crippen LogP contribution in [0.25, 0.3) is 0 Å². The van der Waals surface area contributed by atoms with E-state index in [1.54, 1.807) is 12.1 Å². The van der Waals surface area contributed by atoms with Crippen molar-refractivity contribution in [2.24, 2.45) is 11.8 Å². The van der Waals surface area contributed by atoms with Crippen LogP contribution in [0.4, 0.5) is 17.1 Å². The molecular weight excluding hydrogens is 452 g/mol. The molecule has 1 aliphatic rings. The van der Waals surface area contributed by atoms with Gasteiger partial charge in [-0.1, -0.05) is 70.2 Å². The third-order valence-electron chi connectivity index (χ3n) is 6.80. The summed E-state index contributed by atoms with van der Waals surface area (Å²) in [6.07, 6.45) is -2.02. The SMILES string of the molecule is CC(C)CN(CC(C)C)c1cc(O)c(C2C([O-])C(N(c3ccccc3)c3ccccc3)C2[OH2+])c(O)c1. The van der Waals surface area contributed by atoms with E-state index in [-0.39, 0.29) is 17.1 Å². The maximum absolute atomic E-state index is 13.7. The lowest BCUT2D eigenvalue weighted by molar-refractivity contribution is -0.459. The number of hydrogen-bond donors (Lipinski definition) is 2. The molecule has 1 fully saturated rings. The largest absolute Gasteiger partial charge is 0.850 e. The van der Waals surface area contributed by atoms with Gasteiger partial charge >= 0.3 is 0 Å². The molecule has 0 saturated heterocycles. The van der Waals surface area contributed by atoms with E-state index in [0.29, 0.717) is 11.8 Å². The van der Waals surface area contributed by atoms with Crippen molar-refractivity contribution in [2.45, 2.75) is 51.9 Å². The molecular formula is C30H38N2O4. The summed E-state index contributed by atoms with van der Waals surface area (Å²) in [4.78, 5) is 4.07. The van der Waals surface area contributed by atoms with Gasteiger partial charge in [-0.2, -0.15) is 0 Å². The number of aromatic hydroxyl groups is 2. The van der Waals surface area contributed by atoms with Crippen molar-refractivity contribution < 1.29 is 20.4 Å². The molecule has 0 aliphatic heterocycles. The summed E-state index contributed by atoms with van der Waals surface area (Å²) >= 11 is 0. The first-order valence-electron chi connectivity index (χ1n) is 12.8. The van der Waals surface area contributed by atoms with E-state index in [0.717, 1.165) is 30.2 Å². The normalized spacial score (nSPS) is 21.4. The van der Waals surface area contributed by atoms with Gasteiger partial charge in [0, 0.05) is 47.8 Å². The molecule has 36 heavy (non-hydrogen) atoms. The predicted octanol–water partition coefficient (Wildman–Crippen LogP) is 4.34. The first-order valence-corrected chi connectivity index (χ1v) is 12.8. The second kappa shape index (κ2) is 10.8. The molecule has 0 amide bonds.